The number of amides is 1. The second kappa shape index (κ2) is 8.02. The van der Waals surface area contributed by atoms with E-state index >= 15 is 0 Å². The minimum absolute atomic E-state index is 0.0285. The van der Waals surface area contributed by atoms with Crippen molar-refractivity contribution in [2.45, 2.75) is 27.2 Å². The van der Waals surface area contributed by atoms with Crippen LogP contribution in [-0.4, -0.2) is 19.1 Å². The zero-order chi connectivity index (χ0) is 16.8. The zero-order valence-corrected chi connectivity index (χ0v) is 14.5. The van der Waals surface area contributed by atoms with Crippen molar-refractivity contribution in [3.8, 4) is 5.75 Å². The van der Waals surface area contributed by atoms with Gasteiger partial charge < -0.3 is 10.1 Å². The van der Waals surface area contributed by atoms with E-state index in [1.54, 1.807) is 0 Å². The van der Waals surface area contributed by atoms with E-state index in [1.165, 1.54) is 0 Å². The van der Waals surface area contributed by atoms with Crippen LogP contribution in [0, 0.1) is 20.8 Å². The van der Waals surface area contributed by atoms with Gasteiger partial charge in [-0.25, -0.2) is 0 Å². The fourth-order valence-corrected chi connectivity index (χ4v) is 2.59. The Kier molecular flexibility index (Phi) is 6.05. The largest absolute Gasteiger partial charge is 0.483 e. The lowest BCUT2D eigenvalue weighted by atomic mass is 10.1. The van der Waals surface area contributed by atoms with E-state index in [2.05, 4.69) is 11.4 Å². The molecule has 0 spiro atoms. The summed E-state index contributed by atoms with van der Waals surface area (Å²) in [5.41, 5.74) is 4.38. The summed E-state index contributed by atoms with van der Waals surface area (Å²) in [7, 11) is 0. The number of hydrogen-bond donors (Lipinski definition) is 1. The van der Waals surface area contributed by atoms with Crippen LogP contribution < -0.4 is 10.1 Å². The van der Waals surface area contributed by atoms with E-state index < -0.39 is 0 Å². The Morgan fingerprint density at radius 3 is 2.61 bits per heavy atom. The summed E-state index contributed by atoms with van der Waals surface area (Å²) in [6.07, 6.45) is 0.745. The minimum Gasteiger partial charge on any atom is -0.483 e. The van der Waals surface area contributed by atoms with Crippen LogP contribution in [0.25, 0.3) is 0 Å². The maximum atomic E-state index is 11.9. The molecule has 0 saturated carbocycles. The van der Waals surface area contributed by atoms with E-state index in [4.69, 9.17) is 16.3 Å². The van der Waals surface area contributed by atoms with Gasteiger partial charge in [0.2, 0.25) is 0 Å². The van der Waals surface area contributed by atoms with Crippen LogP contribution in [0.2, 0.25) is 5.02 Å². The Labute approximate surface area is 142 Å². The Bertz CT molecular complexity index is 698. The highest BCUT2D eigenvalue weighted by atomic mass is 35.5. The highest BCUT2D eigenvalue weighted by molar-refractivity contribution is 6.30. The topological polar surface area (TPSA) is 38.3 Å². The van der Waals surface area contributed by atoms with E-state index in [1.807, 2.05) is 51.1 Å². The van der Waals surface area contributed by atoms with Crippen LogP contribution in [0.5, 0.6) is 5.75 Å². The van der Waals surface area contributed by atoms with E-state index in [0.717, 1.165) is 34.4 Å². The van der Waals surface area contributed by atoms with E-state index in [-0.39, 0.29) is 12.5 Å². The molecule has 0 saturated heterocycles. The summed E-state index contributed by atoms with van der Waals surface area (Å²) in [6, 6.07) is 11.7. The normalized spacial score (nSPS) is 10.4. The van der Waals surface area contributed by atoms with Crippen molar-refractivity contribution in [2.75, 3.05) is 13.2 Å². The van der Waals surface area contributed by atoms with Crippen molar-refractivity contribution in [1.29, 1.82) is 0 Å². The molecule has 0 bridgehead atoms. The predicted octanol–water partition coefficient (Wildman–Crippen LogP) is 4.00. The van der Waals surface area contributed by atoms with Gasteiger partial charge in [-0.2, -0.15) is 0 Å². The quantitative estimate of drug-likeness (QED) is 0.868. The molecule has 4 heteroatoms. The summed E-state index contributed by atoms with van der Waals surface area (Å²) in [5, 5.41) is 3.58. The predicted molar refractivity (Wildman–Crippen MR) is 94.3 cm³/mol. The molecule has 0 aliphatic heterocycles. The van der Waals surface area contributed by atoms with Crippen LogP contribution in [0.1, 0.15) is 22.3 Å². The van der Waals surface area contributed by atoms with Gasteiger partial charge in [0.25, 0.3) is 5.91 Å². The van der Waals surface area contributed by atoms with E-state index in [9.17, 15) is 4.79 Å². The van der Waals surface area contributed by atoms with Crippen molar-refractivity contribution in [3.63, 3.8) is 0 Å². The van der Waals surface area contributed by atoms with Gasteiger partial charge in [0.1, 0.15) is 5.75 Å². The first-order chi connectivity index (χ1) is 11.0. The molecule has 0 radical (unpaired) electrons. The average Bonchev–Trinajstić information content (AvgIpc) is 2.51. The number of ether oxygens (including phenoxy) is 1. The highest BCUT2D eigenvalue weighted by Gasteiger charge is 2.09. The van der Waals surface area contributed by atoms with E-state index in [0.29, 0.717) is 11.6 Å². The molecule has 0 heterocycles. The number of carbonyl (C=O) groups is 1. The van der Waals surface area contributed by atoms with Gasteiger partial charge in [0, 0.05) is 11.6 Å². The number of rotatable bonds is 6. The summed E-state index contributed by atoms with van der Waals surface area (Å²) in [4.78, 5) is 11.9. The van der Waals surface area contributed by atoms with Gasteiger partial charge in [-0.15, -0.1) is 0 Å². The van der Waals surface area contributed by atoms with Crippen LogP contribution >= 0.6 is 11.6 Å². The van der Waals surface area contributed by atoms with Crippen molar-refractivity contribution < 1.29 is 9.53 Å². The molecule has 3 nitrogen and oxygen atoms in total. The molecular formula is C19H22ClNO2. The van der Waals surface area contributed by atoms with Crippen LogP contribution in [0.4, 0.5) is 0 Å². The maximum absolute atomic E-state index is 11.9. The SMILES string of the molecule is Cc1ccc(C)c(OCC(=O)NCCc2cccc(Cl)c2)c1C. The summed E-state index contributed by atoms with van der Waals surface area (Å²) in [6.45, 7) is 6.62. The fraction of sp³-hybridized carbons (Fsp3) is 0.316. The minimum atomic E-state index is -0.118. The second-order valence-corrected chi connectivity index (χ2v) is 6.11. The van der Waals surface area contributed by atoms with Gasteiger partial charge >= 0.3 is 0 Å². The number of halogens is 1. The first-order valence-corrected chi connectivity index (χ1v) is 8.06. The summed E-state index contributed by atoms with van der Waals surface area (Å²) < 4.78 is 5.70. The first kappa shape index (κ1) is 17.4. The van der Waals surface area contributed by atoms with Gasteiger partial charge in [-0.3, -0.25) is 4.79 Å². The molecule has 2 aromatic rings. The maximum Gasteiger partial charge on any atom is 0.257 e. The highest BCUT2D eigenvalue weighted by Crippen LogP contribution is 2.25. The molecule has 1 amide bonds. The number of hydrogen-bond acceptors (Lipinski definition) is 2. The second-order valence-electron chi connectivity index (χ2n) is 5.67. The van der Waals surface area contributed by atoms with Gasteiger partial charge in [-0.1, -0.05) is 35.9 Å². The van der Waals surface area contributed by atoms with Crippen molar-refractivity contribution in [1.82, 2.24) is 5.32 Å². The molecule has 2 rings (SSSR count). The van der Waals surface area contributed by atoms with Crippen LogP contribution in [0.15, 0.2) is 36.4 Å². The number of aryl methyl sites for hydroxylation is 2. The molecule has 122 valence electrons. The van der Waals surface area contributed by atoms with Crippen LogP contribution in [-0.2, 0) is 11.2 Å². The van der Waals surface area contributed by atoms with Crippen molar-refractivity contribution >= 4 is 17.5 Å². The van der Waals surface area contributed by atoms with Gasteiger partial charge in [0.15, 0.2) is 6.61 Å². The molecule has 0 atom stereocenters. The van der Waals surface area contributed by atoms with Crippen molar-refractivity contribution in [3.05, 3.63) is 63.7 Å². The van der Waals surface area contributed by atoms with Crippen molar-refractivity contribution in [2.24, 2.45) is 0 Å². The first-order valence-electron chi connectivity index (χ1n) is 7.68. The lowest BCUT2D eigenvalue weighted by Gasteiger charge is -2.14. The Hall–Kier alpha value is -2.00. The number of benzene rings is 2. The molecular weight excluding hydrogens is 310 g/mol. The molecule has 0 aromatic heterocycles. The molecule has 0 aliphatic rings. The monoisotopic (exact) mass is 331 g/mol. The Morgan fingerprint density at radius 2 is 1.87 bits per heavy atom. The number of carbonyl (C=O) groups excluding carboxylic acids is 1. The summed E-state index contributed by atoms with van der Waals surface area (Å²) >= 11 is 5.94. The molecule has 1 N–H and O–H groups in total. The molecule has 0 aliphatic carbocycles. The smallest absolute Gasteiger partial charge is 0.257 e. The average molecular weight is 332 g/mol. The lowest BCUT2D eigenvalue weighted by molar-refractivity contribution is -0.123. The fourth-order valence-electron chi connectivity index (χ4n) is 2.38. The Morgan fingerprint density at radius 1 is 1.13 bits per heavy atom. The van der Waals surface area contributed by atoms with Gasteiger partial charge in [-0.05, 0) is 61.6 Å². The van der Waals surface area contributed by atoms with Gasteiger partial charge in [0.05, 0.1) is 0 Å². The molecule has 0 unspecified atom stereocenters. The third-order valence-electron chi connectivity index (χ3n) is 3.85. The standard InChI is InChI=1S/C19H22ClNO2/c1-13-7-8-14(2)19(15(13)3)23-12-18(22)21-10-9-16-5-4-6-17(20)11-16/h4-8,11H,9-10,12H2,1-3H3,(H,21,22). The lowest BCUT2D eigenvalue weighted by Crippen LogP contribution is -2.30. The third-order valence-corrected chi connectivity index (χ3v) is 4.08. The summed E-state index contributed by atoms with van der Waals surface area (Å²) in [5.74, 6) is 0.683. The molecule has 23 heavy (non-hydrogen) atoms. The number of nitrogens with one attached hydrogen (secondary N) is 1. The molecule has 0 fully saturated rings. The van der Waals surface area contributed by atoms with Crippen LogP contribution in [0.3, 0.4) is 0 Å². The zero-order valence-electron chi connectivity index (χ0n) is 13.8. The third kappa shape index (κ3) is 5.00. The molecule has 2 aromatic carbocycles. The Balaban J connectivity index is 1.81.